The van der Waals surface area contributed by atoms with E-state index in [1.165, 1.54) is 16.2 Å². The highest BCUT2D eigenvalue weighted by molar-refractivity contribution is 7.16. The van der Waals surface area contributed by atoms with Gasteiger partial charge in [-0.05, 0) is 89.9 Å². The van der Waals surface area contributed by atoms with Gasteiger partial charge in [-0.2, -0.15) is 15.5 Å². The van der Waals surface area contributed by atoms with Gasteiger partial charge in [0.15, 0.2) is 34.4 Å². The lowest BCUT2D eigenvalue weighted by Gasteiger charge is -2.39. The Labute approximate surface area is 292 Å². The Kier molecular flexibility index (Phi) is 7.52. The summed E-state index contributed by atoms with van der Waals surface area (Å²) in [6.07, 6.45) is 11.8. The third-order valence-electron chi connectivity index (χ3n) is 11.3. The molecule has 0 radical (unpaired) electrons. The topological polar surface area (TPSA) is 179 Å². The second-order valence-corrected chi connectivity index (χ2v) is 15.3. The molecule has 50 heavy (non-hydrogen) atoms. The monoisotopic (exact) mass is 693 g/mol. The number of anilines is 1. The van der Waals surface area contributed by atoms with Crippen LogP contribution in [0.1, 0.15) is 95.7 Å². The smallest absolute Gasteiger partial charge is 0.272 e. The van der Waals surface area contributed by atoms with Crippen LogP contribution in [-0.4, -0.2) is 84.4 Å². The fraction of sp³-hybridized carbons (Fsp3) is 0.514. The number of carbonyl (C=O) groups excluding carboxylic acids is 1. The number of carbonyl (C=O) groups is 1. The number of amides is 1. The first-order chi connectivity index (χ1) is 24.4. The molecule has 4 unspecified atom stereocenters. The highest BCUT2D eigenvalue weighted by Gasteiger charge is 2.49. The van der Waals surface area contributed by atoms with Gasteiger partial charge < -0.3 is 25.2 Å². The number of likely N-dealkylation sites (tertiary alicyclic amines) is 1. The third kappa shape index (κ3) is 4.79. The van der Waals surface area contributed by atoms with E-state index in [1.807, 2.05) is 4.68 Å². The highest BCUT2D eigenvalue weighted by Crippen LogP contribution is 2.55. The van der Waals surface area contributed by atoms with Gasteiger partial charge in [0.2, 0.25) is 0 Å². The van der Waals surface area contributed by atoms with Gasteiger partial charge >= 0.3 is 0 Å². The number of ether oxygens (including phenoxy) is 1. The summed E-state index contributed by atoms with van der Waals surface area (Å²) in [6.45, 7) is 4.36. The number of nitrogen functional groups attached to an aromatic ring is 1. The van der Waals surface area contributed by atoms with Gasteiger partial charge in [0.25, 0.3) is 5.91 Å². The van der Waals surface area contributed by atoms with Crippen LogP contribution in [0.25, 0.3) is 28.4 Å². The highest BCUT2D eigenvalue weighted by atomic mass is 32.1. The van der Waals surface area contributed by atoms with Crippen molar-refractivity contribution in [1.29, 1.82) is 5.26 Å². The Bertz CT molecular complexity index is 2160. The summed E-state index contributed by atoms with van der Waals surface area (Å²) in [5.41, 5.74) is 10.0. The second kappa shape index (κ2) is 12.0. The molecule has 7 heterocycles. The van der Waals surface area contributed by atoms with Crippen molar-refractivity contribution in [3.8, 4) is 23.4 Å². The van der Waals surface area contributed by atoms with Crippen LogP contribution < -0.4 is 11.1 Å². The predicted molar refractivity (Wildman–Crippen MR) is 185 cm³/mol. The van der Waals surface area contributed by atoms with E-state index in [1.54, 1.807) is 23.1 Å². The summed E-state index contributed by atoms with van der Waals surface area (Å²) in [4.78, 5) is 26.9. The number of rotatable bonds is 6. The number of hydrogen-bond acceptors (Lipinski definition) is 12. The fourth-order valence-corrected chi connectivity index (χ4v) is 10.0. The molecule has 15 heteroatoms. The van der Waals surface area contributed by atoms with Crippen molar-refractivity contribution >= 4 is 33.3 Å². The summed E-state index contributed by atoms with van der Waals surface area (Å²) in [5.74, 6) is 1.45. The van der Waals surface area contributed by atoms with E-state index >= 15 is 0 Å². The summed E-state index contributed by atoms with van der Waals surface area (Å²) >= 11 is 1.53. The Balaban J connectivity index is 1.18. The maximum atomic E-state index is 13.1. The number of nitrogens with two attached hydrogens (primary N) is 1. The second-order valence-electron chi connectivity index (χ2n) is 14.2. The lowest BCUT2D eigenvalue weighted by atomic mass is 9.63. The summed E-state index contributed by atoms with van der Waals surface area (Å²) in [6, 6.07) is 4.42. The first-order valence-corrected chi connectivity index (χ1v) is 18.4. The number of nitrogens with zero attached hydrogens (tertiary/aromatic N) is 9. The average Bonchev–Trinajstić information content (AvgIpc) is 3.96. The summed E-state index contributed by atoms with van der Waals surface area (Å²) < 4.78 is 15.4. The molecule has 0 aromatic carbocycles. The number of likely N-dealkylation sites (N-methyl/N-ethyl adjacent to an activating group) is 1. The quantitative estimate of drug-likeness (QED) is 0.259. The lowest BCUT2D eigenvalue weighted by molar-refractivity contribution is 0.0924. The molecule has 1 spiro atoms. The summed E-state index contributed by atoms with van der Waals surface area (Å²) in [5, 5.41) is 28.7. The minimum atomic E-state index is -0.462. The van der Waals surface area contributed by atoms with Gasteiger partial charge in [-0.25, -0.2) is 19.3 Å². The van der Waals surface area contributed by atoms with E-state index in [0.29, 0.717) is 52.8 Å². The molecule has 5 aromatic rings. The average molecular weight is 694 g/mol. The number of aromatic nitrogens is 7. The van der Waals surface area contributed by atoms with Crippen molar-refractivity contribution in [3.63, 3.8) is 0 Å². The molecule has 1 amide bonds. The van der Waals surface area contributed by atoms with Crippen molar-refractivity contribution in [3.05, 3.63) is 51.5 Å². The Morgan fingerprint density at radius 1 is 1.22 bits per heavy atom. The van der Waals surface area contributed by atoms with Crippen LogP contribution in [0.4, 0.5) is 5.00 Å². The molecule has 2 aliphatic heterocycles. The van der Waals surface area contributed by atoms with Crippen LogP contribution in [-0.2, 0) is 23.0 Å². The zero-order chi connectivity index (χ0) is 34.1. The molecule has 3 N–H and O–H groups in total. The van der Waals surface area contributed by atoms with Crippen molar-refractivity contribution in [2.24, 2.45) is 0 Å². The standard InChI is InChI=1S/C35H39N11O3S/c1-19(25-7-5-13-44(25)2)46-33-23(17-38-46)32(45-14-9-24(42-45)34(47)39-20-10-15-48-18-20)40-31(41-33)28-21-6-3-11-35(29(21)49-43-28)12-4-8-26-27(35)22(16-36)30(37)50-26/h9,14,17,19-20,25H,3-8,10-13,15,18,37H2,1-2H3,(H,39,47). The van der Waals surface area contributed by atoms with E-state index < -0.39 is 5.41 Å². The molecule has 5 aromatic heterocycles. The largest absolute Gasteiger partial charge is 0.389 e. The number of thiophene rings is 1. The predicted octanol–water partition coefficient (Wildman–Crippen LogP) is 4.31. The third-order valence-corrected chi connectivity index (χ3v) is 12.4. The van der Waals surface area contributed by atoms with Crippen molar-refractivity contribution in [2.75, 3.05) is 32.5 Å². The maximum Gasteiger partial charge on any atom is 0.272 e. The molecule has 14 nitrogen and oxygen atoms in total. The number of nitriles is 1. The van der Waals surface area contributed by atoms with Gasteiger partial charge in [-0.3, -0.25) is 4.79 Å². The van der Waals surface area contributed by atoms with Crippen LogP contribution in [0.3, 0.4) is 0 Å². The molecule has 2 fully saturated rings. The van der Waals surface area contributed by atoms with Gasteiger partial charge in [-0.15, -0.1) is 11.3 Å². The first-order valence-electron chi connectivity index (χ1n) is 17.6. The van der Waals surface area contributed by atoms with Crippen molar-refractivity contribution < 1.29 is 14.1 Å². The fourth-order valence-electron chi connectivity index (χ4n) is 8.89. The molecule has 4 aliphatic rings. The Morgan fingerprint density at radius 2 is 2.08 bits per heavy atom. The molecule has 4 atom stereocenters. The first kappa shape index (κ1) is 31.3. The number of hydrogen-bond donors (Lipinski definition) is 2. The van der Waals surface area contributed by atoms with Gasteiger partial charge in [0, 0.05) is 29.3 Å². The van der Waals surface area contributed by atoms with Crippen molar-refractivity contribution in [2.45, 2.75) is 88.3 Å². The van der Waals surface area contributed by atoms with E-state index in [0.717, 1.165) is 86.6 Å². The van der Waals surface area contributed by atoms with Crippen LogP contribution in [0, 0.1) is 11.3 Å². The van der Waals surface area contributed by atoms with Gasteiger partial charge in [0.1, 0.15) is 11.1 Å². The number of fused-ring (bicyclic) bond motifs is 5. The van der Waals surface area contributed by atoms with Crippen LogP contribution >= 0.6 is 11.3 Å². The SMILES string of the molecule is CC(C1CCCN1C)n1ncc2c(-n3ccc(C(=O)NC4CCOC4)n3)nc(-c3noc4c3CCCC43CCCc4sc(N)c(C#N)c43)nc21. The zero-order valence-electron chi connectivity index (χ0n) is 28.2. The Hall–Kier alpha value is -4.65. The maximum absolute atomic E-state index is 13.1. The lowest BCUT2D eigenvalue weighted by Crippen LogP contribution is -2.35. The minimum Gasteiger partial charge on any atom is -0.389 e. The van der Waals surface area contributed by atoms with Crippen LogP contribution in [0.2, 0.25) is 0 Å². The minimum absolute atomic E-state index is 0.0323. The van der Waals surface area contributed by atoms with E-state index in [2.05, 4.69) is 40.5 Å². The molecule has 0 bridgehead atoms. The van der Waals surface area contributed by atoms with E-state index in [4.69, 9.17) is 30.1 Å². The molecule has 2 aliphatic carbocycles. The normalized spacial score (nSPS) is 24.0. The van der Waals surface area contributed by atoms with Gasteiger partial charge in [0.05, 0.1) is 41.3 Å². The van der Waals surface area contributed by atoms with Crippen molar-refractivity contribution in [1.82, 2.24) is 44.9 Å². The van der Waals surface area contributed by atoms with E-state index in [9.17, 15) is 10.1 Å². The summed E-state index contributed by atoms with van der Waals surface area (Å²) in [7, 11) is 2.16. The Morgan fingerprint density at radius 3 is 2.86 bits per heavy atom. The number of aryl methyl sites for hydroxylation is 1. The number of nitrogens with one attached hydrogen (secondary N) is 1. The molecule has 0 saturated carbocycles. The van der Waals surface area contributed by atoms with E-state index in [-0.39, 0.29) is 23.7 Å². The molecular weight excluding hydrogens is 655 g/mol. The van der Waals surface area contributed by atoms with Crippen LogP contribution in [0.5, 0.6) is 0 Å². The van der Waals surface area contributed by atoms with Gasteiger partial charge in [-0.1, -0.05) is 5.16 Å². The van der Waals surface area contributed by atoms with Crippen LogP contribution in [0.15, 0.2) is 23.0 Å². The zero-order valence-corrected chi connectivity index (χ0v) is 29.0. The molecular formula is C35H39N11O3S. The molecule has 9 rings (SSSR count). The molecule has 2 saturated heterocycles. The molecule has 258 valence electrons.